The van der Waals surface area contributed by atoms with Crippen molar-refractivity contribution in [2.45, 2.75) is 19.3 Å². The molecular formula is C12H11BrO. The summed E-state index contributed by atoms with van der Waals surface area (Å²) in [5.41, 5.74) is 1.75. The van der Waals surface area contributed by atoms with Gasteiger partial charge < -0.3 is 0 Å². The van der Waals surface area contributed by atoms with Crippen LogP contribution in [0.15, 0.2) is 40.4 Å². The van der Waals surface area contributed by atoms with Gasteiger partial charge in [0.05, 0.1) is 0 Å². The van der Waals surface area contributed by atoms with E-state index in [-0.39, 0.29) is 5.78 Å². The Kier molecular flexibility index (Phi) is 2.82. The van der Waals surface area contributed by atoms with Gasteiger partial charge in [0.25, 0.3) is 0 Å². The second-order valence-electron chi connectivity index (χ2n) is 3.43. The third-order valence-corrected chi connectivity index (χ3v) is 3.34. The first kappa shape index (κ1) is 9.66. The lowest BCUT2D eigenvalue weighted by Crippen LogP contribution is -2.01. The zero-order valence-electron chi connectivity index (χ0n) is 7.79. The van der Waals surface area contributed by atoms with Gasteiger partial charge in [-0.05, 0) is 19.3 Å². The smallest absolute Gasteiger partial charge is 0.189 e. The van der Waals surface area contributed by atoms with Crippen molar-refractivity contribution in [1.29, 1.82) is 0 Å². The van der Waals surface area contributed by atoms with Crippen LogP contribution in [-0.4, -0.2) is 5.78 Å². The van der Waals surface area contributed by atoms with Crippen LogP contribution in [0.3, 0.4) is 0 Å². The van der Waals surface area contributed by atoms with E-state index in [1.807, 2.05) is 30.3 Å². The highest BCUT2D eigenvalue weighted by molar-refractivity contribution is 9.11. The molecule has 1 aromatic carbocycles. The summed E-state index contributed by atoms with van der Waals surface area (Å²) in [6, 6.07) is 9.46. The van der Waals surface area contributed by atoms with E-state index in [1.54, 1.807) is 0 Å². The van der Waals surface area contributed by atoms with E-state index in [0.29, 0.717) is 0 Å². The van der Waals surface area contributed by atoms with E-state index in [2.05, 4.69) is 15.9 Å². The number of halogens is 1. The molecule has 14 heavy (non-hydrogen) atoms. The molecule has 0 atom stereocenters. The van der Waals surface area contributed by atoms with Gasteiger partial charge in [0.2, 0.25) is 0 Å². The molecule has 1 aliphatic carbocycles. The monoisotopic (exact) mass is 250 g/mol. The zero-order chi connectivity index (χ0) is 9.97. The first-order valence-corrected chi connectivity index (χ1v) is 5.55. The average Bonchev–Trinajstić information content (AvgIpc) is 2.65. The summed E-state index contributed by atoms with van der Waals surface area (Å²) < 4.78 is 1.09. The van der Waals surface area contributed by atoms with E-state index in [9.17, 15) is 4.79 Å². The second kappa shape index (κ2) is 4.09. The van der Waals surface area contributed by atoms with Gasteiger partial charge >= 0.3 is 0 Å². The molecule has 0 spiro atoms. The minimum atomic E-state index is 0.176. The van der Waals surface area contributed by atoms with Gasteiger partial charge in [-0.3, -0.25) is 4.79 Å². The van der Waals surface area contributed by atoms with Gasteiger partial charge in [0.1, 0.15) is 0 Å². The Morgan fingerprint density at radius 3 is 2.43 bits per heavy atom. The van der Waals surface area contributed by atoms with Gasteiger partial charge in [0.15, 0.2) is 5.78 Å². The first-order valence-electron chi connectivity index (χ1n) is 4.76. The molecule has 0 fully saturated rings. The number of rotatable bonds is 2. The number of ketones is 1. The highest BCUT2D eigenvalue weighted by Crippen LogP contribution is 2.32. The Bertz CT molecular complexity index is 379. The quantitative estimate of drug-likeness (QED) is 0.732. The number of Topliss-reactive ketones (excluding diaryl/α,β-unsaturated/α-hetero) is 1. The number of carbonyl (C=O) groups is 1. The van der Waals surface area contributed by atoms with Crippen LogP contribution >= 0.6 is 15.9 Å². The Balaban J connectivity index is 2.29. The number of hydrogen-bond donors (Lipinski definition) is 0. The standard InChI is InChI=1S/C12H11BrO/c13-11-8-4-7-10(11)12(14)9-5-2-1-3-6-9/h1-3,5-6H,4,7-8H2. The van der Waals surface area contributed by atoms with Crippen molar-refractivity contribution in [1.82, 2.24) is 0 Å². The van der Waals surface area contributed by atoms with Crippen LogP contribution in [0.1, 0.15) is 29.6 Å². The van der Waals surface area contributed by atoms with Gasteiger partial charge in [-0.1, -0.05) is 46.3 Å². The van der Waals surface area contributed by atoms with Crippen LogP contribution in [0.2, 0.25) is 0 Å². The Labute approximate surface area is 92.0 Å². The highest BCUT2D eigenvalue weighted by Gasteiger charge is 2.19. The van der Waals surface area contributed by atoms with Crippen molar-refractivity contribution in [2.75, 3.05) is 0 Å². The fourth-order valence-electron chi connectivity index (χ4n) is 1.71. The van der Waals surface area contributed by atoms with Gasteiger partial charge in [-0.15, -0.1) is 0 Å². The van der Waals surface area contributed by atoms with Crippen molar-refractivity contribution >= 4 is 21.7 Å². The maximum Gasteiger partial charge on any atom is 0.189 e. The van der Waals surface area contributed by atoms with Crippen LogP contribution in [0.5, 0.6) is 0 Å². The third-order valence-electron chi connectivity index (χ3n) is 2.46. The van der Waals surface area contributed by atoms with Gasteiger partial charge in [0, 0.05) is 15.6 Å². The van der Waals surface area contributed by atoms with E-state index in [4.69, 9.17) is 0 Å². The summed E-state index contributed by atoms with van der Waals surface area (Å²) >= 11 is 3.46. The molecule has 72 valence electrons. The molecule has 0 N–H and O–H groups in total. The average molecular weight is 251 g/mol. The molecule has 0 aliphatic heterocycles. The fraction of sp³-hybridized carbons (Fsp3) is 0.250. The molecule has 1 nitrogen and oxygen atoms in total. The summed E-state index contributed by atoms with van der Waals surface area (Å²) in [4.78, 5) is 12.0. The molecule has 0 bridgehead atoms. The van der Waals surface area contributed by atoms with Crippen LogP contribution in [0, 0.1) is 0 Å². The minimum absolute atomic E-state index is 0.176. The number of benzene rings is 1. The minimum Gasteiger partial charge on any atom is -0.289 e. The lowest BCUT2D eigenvalue weighted by atomic mass is 10.0. The number of carbonyl (C=O) groups excluding carboxylic acids is 1. The SMILES string of the molecule is O=C(C1=C(Br)CCC1)c1ccccc1. The summed E-state index contributed by atoms with van der Waals surface area (Å²) in [7, 11) is 0. The first-order chi connectivity index (χ1) is 6.79. The molecule has 0 unspecified atom stereocenters. The molecular weight excluding hydrogens is 240 g/mol. The predicted molar refractivity (Wildman–Crippen MR) is 60.6 cm³/mol. The van der Waals surface area contributed by atoms with Crippen LogP contribution in [-0.2, 0) is 0 Å². The molecule has 2 heteroatoms. The van der Waals surface area contributed by atoms with E-state index >= 15 is 0 Å². The highest BCUT2D eigenvalue weighted by atomic mass is 79.9. The zero-order valence-corrected chi connectivity index (χ0v) is 9.38. The number of allylic oxidation sites excluding steroid dienone is 2. The predicted octanol–water partition coefficient (Wildman–Crippen LogP) is 3.70. The second-order valence-corrected chi connectivity index (χ2v) is 4.39. The summed E-state index contributed by atoms with van der Waals surface area (Å²) in [5.74, 6) is 0.176. The topological polar surface area (TPSA) is 17.1 Å². The maximum absolute atomic E-state index is 12.0. The molecule has 2 rings (SSSR count). The lowest BCUT2D eigenvalue weighted by Gasteiger charge is -2.01. The van der Waals surface area contributed by atoms with Crippen molar-refractivity contribution in [2.24, 2.45) is 0 Å². The van der Waals surface area contributed by atoms with Gasteiger partial charge in [-0.25, -0.2) is 0 Å². The Morgan fingerprint density at radius 2 is 1.86 bits per heavy atom. The van der Waals surface area contributed by atoms with Gasteiger partial charge in [-0.2, -0.15) is 0 Å². The van der Waals surface area contributed by atoms with Crippen molar-refractivity contribution in [3.8, 4) is 0 Å². The van der Waals surface area contributed by atoms with Crippen molar-refractivity contribution in [3.63, 3.8) is 0 Å². The summed E-state index contributed by atoms with van der Waals surface area (Å²) in [5, 5.41) is 0. The molecule has 1 aliphatic rings. The van der Waals surface area contributed by atoms with E-state index in [1.165, 1.54) is 0 Å². The summed E-state index contributed by atoms with van der Waals surface area (Å²) in [6.45, 7) is 0. The third kappa shape index (κ3) is 1.80. The summed E-state index contributed by atoms with van der Waals surface area (Å²) in [6.07, 6.45) is 3.01. The fourth-order valence-corrected chi connectivity index (χ4v) is 2.37. The van der Waals surface area contributed by atoms with E-state index < -0.39 is 0 Å². The maximum atomic E-state index is 12.0. The lowest BCUT2D eigenvalue weighted by molar-refractivity contribution is 0.103. The Morgan fingerprint density at radius 1 is 1.14 bits per heavy atom. The molecule has 0 saturated carbocycles. The molecule has 0 amide bonds. The molecule has 1 aromatic rings. The molecule has 0 heterocycles. The number of hydrogen-bond acceptors (Lipinski definition) is 1. The molecule has 0 saturated heterocycles. The molecule has 0 radical (unpaired) electrons. The molecule has 0 aromatic heterocycles. The van der Waals surface area contributed by atoms with Crippen LogP contribution in [0.25, 0.3) is 0 Å². The van der Waals surface area contributed by atoms with Crippen LogP contribution in [0.4, 0.5) is 0 Å². The van der Waals surface area contributed by atoms with E-state index in [0.717, 1.165) is 34.9 Å². The Hall–Kier alpha value is -0.890. The van der Waals surface area contributed by atoms with Crippen LogP contribution < -0.4 is 0 Å². The van der Waals surface area contributed by atoms with Crippen molar-refractivity contribution in [3.05, 3.63) is 46.0 Å². The largest absolute Gasteiger partial charge is 0.289 e. The normalized spacial score (nSPS) is 16.1. The van der Waals surface area contributed by atoms with Crippen molar-refractivity contribution < 1.29 is 4.79 Å².